The summed E-state index contributed by atoms with van der Waals surface area (Å²) in [4.78, 5) is 11.2. The van der Waals surface area contributed by atoms with E-state index in [0.717, 1.165) is 0 Å². The van der Waals surface area contributed by atoms with Crippen molar-refractivity contribution in [1.82, 2.24) is 0 Å². The van der Waals surface area contributed by atoms with Crippen LogP contribution in [-0.4, -0.2) is 29.0 Å². The molecule has 0 spiro atoms. The van der Waals surface area contributed by atoms with E-state index >= 15 is 0 Å². The molecule has 0 saturated carbocycles. The zero-order valence-corrected chi connectivity index (χ0v) is 9.55. The third-order valence-electron chi connectivity index (χ3n) is 1.65. The van der Waals surface area contributed by atoms with Crippen molar-refractivity contribution in [1.29, 1.82) is 0 Å². The molecular formula is C8H16O4Si. The van der Waals surface area contributed by atoms with Crippen molar-refractivity contribution >= 4 is 14.8 Å². The fourth-order valence-corrected chi connectivity index (χ4v) is 2.27. The van der Waals surface area contributed by atoms with Gasteiger partial charge in [0.05, 0.1) is 0 Å². The smallest absolute Gasteiger partial charge is 0.470 e. The van der Waals surface area contributed by atoms with Crippen LogP contribution in [-0.2, 0) is 18.1 Å². The van der Waals surface area contributed by atoms with Crippen molar-refractivity contribution in [2.45, 2.75) is 19.9 Å². The van der Waals surface area contributed by atoms with Crippen LogP contribution in [0.15, 0.2) is 12.2 Å². The molecule has 0 fully saturated rings. The monoisotopic (exact) mass is 204 g/mol. The van der Waals surface area contributed by atoms with E-state index in [2.05, 4.69) is 6.58 Å². The van der Waals surface area contributed by atoms with Gasteiger partial charge in [0.1, 0.15) is 0 Å². The minimum absolute atomic E-state index is 0.347. The molecule has 0 heterocycles. The molecule has 0 aromatic rings. The van der Waals surface area contributed by atoms with Crippen LogP contribution in [0.25, 0.3) is 0 Å². The molecule has 4 nitrogen and oxygen atoms in total. The largest absolute Gasteiger partial charge is 0.567 e. The average Bonchev–Trinajstić information content (AvgIpc) is 2.14. The molecule has 0 aliphatic rings. The normalized spacial score (nSPS) is 11.1. The van der Waals surface area contributed by atoms with Crippen LogP contribution >= 0.6 is 0 Å². The van der Waals surface area contributed by atoms with Gasteiger partial charge in [0.15, 0.2) is 0 Å². The van der Waals surface area contributed by atoms with Gasteiger partial charge in [-0.05, 0) is 6.92 Å². The van der Waals surface area contributed by atoms with Crippen LogP contribution in [0.3, 0.4) is 0 Å². The zero-order valence-electron chi connectivity index (χ0n) is 8.55. The Balaban J connectivity index is 4.42. The van der Waals surface area contributed by atoms with Gasteiger partial charge in [0.25, 0.3) is 0 Å². The summed E-state index contributed by atoms with van der Waals surface area (Å²) in [5, 5.41) is 0. The molecule has 13 heavy (non-hydrogen) atoms. The van der Waals surface area contributed by atoms with Crippen LogP contribution in [0.1, 0.15) is 13.8 Å². The van der Waals surface area contributed by atoms with Gasteiger partial charge in [-0.15, -0.1) is 0 Å². The molecule has 76 valence electrons. The number of rotatable bonds is 5. The fourth-order valence-electron chi connectivity index (χ4n) is 0.756. The van der Waals surface area contributed by atoms with Gasteiger partial charge in [0, 0.05) is 25.8 Å². The minimum Gasteiger partial charge on any atom is -0.470 e. The first-order valence-electron chi connectivity index (χ1n) is 4.00. The SMILES string of the molecule is C=C(C)C(=O)O[Si](CC)(OC)OC. The minimum atomic E-state index is -2.75. The molecule has 0 aromatic heterocycles. The van der Waals surface area contributed by atoms with Gasteiger partial charge < -0.3 is 13.3 Å². The Kier molecular flexibility index (Phi) is 4.90. The van der Waals surface area contributed by atoms with Gasteiger partial charge in [-0.1, -0.05) is 13.5 Å². The van der Waals surface area contributed by atoms with E-state index in [9.17, 15) is 4.79 Å². The van der Waals surface area contributed by atoms with Crippen molar-refractivity contribution in [3.05, 3.63) is 12.2 Å². The Morgan fingerprint density at radius 3 is 2.08 bits per heavy atom. The van der Waals surface area contributed by atoms with Gasteiger partial charge >= 0.3 is 14.8 Å². The lowest BCUT2D eigenvalue weighted by Gasteiger charge is -2.24. The first-order chi connectivity index (χ1) is 6.01. The van der Waals surface area contributed by atoms with Crippen LogP contribution in [0.4, 0.5) is 0 Å². The van der Waals surface area contributed by atoms with E-state index in [1.807, 2.05) is 6.92 Å². The first kappa shape index (κ1) is 12.3. The van der Waals surface area contributed by atoms with E-state index in [0.29, 0.717) is 11.6 Å². The lowest BCUT2D eigenvalue weighted by molar-refractivity contribution is -0.134. The van der Waals surface area contributed by atoms with Gasteiger partial charge in [0.2, 0.25) is 0 Å². The topological polar surface area (TPSA) is 44.8 Å². The van der Waals surface area contributed by atoms with Gasteiger partial charge in [-0.3, -0.25) is 0 Å². The van der Waals surface area contributed by atoms with Crippen molar-refractivity contribution in [3.8, 4) is 0 Å². The Morgan fingerprint density at radius 1 is 1.38 bits per heavy atom. The highest BCUT2D eigenvalue weighted by Crippen LogP contribution is 2.14. The van der Waals surface area contributed by atoms with Crippen LogP contribution in [0.5, 0.6) is 0 Å². The molecule has 0 N–H and O–H groups in total. The van der Waals surface area contributed by atoms with E-state index in [4.69, 9.17) is 13.3 Å². The highest BCUT2D eigenvalue weighted by molar-refractivity contribution is 6.62. The van der Waals surface area contributed by atoms with Gasteiger partial charge in [-0.2, -0.15) is 0 Å². The van der Waals surface area contributed by atoms with E-state index in [1.165, 1.54) is 14.2 Å². The molecule has 0 aliphatic carbocycles. The Bertz CT molecular complexity index is 190. The number of carbonyl (C=O) groups excluding carboxylic acids is 1. The van der Waals surface area contributed by atoms with Crippen LogP contribution in [0, 0.1) is 0 Å². The zero-order chi connectivity index (χ0) is 10.5. The number of hydrogen-bond donors (Lipinski definition) is 0. The molecule has 0 unspecified atom stereocenters. The summed E-state index contributed by atoms with van der Waals surface area (Å²) in [6, 6.07) is 0.555. The number of carbonyl (C=O) groups is 1. The molecule has 0 aliphatic heterocycles. The Morgan fingerprint density at radius 2 is 1.85 bits per heavy atom. The maximum atomic E-state index is 11.2. The molecule has 0 aromatic carbocycles. The standard InChI is InChI=1S/C8H16O4Si/c1-6-13(10-4,11-5)12-8(9)7(2)3/h2,6H2,1,3-5H3. The fraction of sp³-hybridized carbons (Fsp3) is 0.625. The molecule has 0 amide bonds. The van der Waals surface area contributed by atoms with Crippen LogP contribution in [0.2, 0.25) is 6.04 Å². The average molecular weight is 204 g/mol. The third kappa shape index (κ3) is 3.29. The highest BCUT2D eigenvalue weighted by atomic mass is 28.4. The lowest BCUT2D eigenvalue weighted by atomic mass is 10.4. The summed E-state index contributed by atoms with van der Waals surface area (Å²) >= 11 is 0. The van der Waals surface area contributed by atoms with Crippen molar-refractivity contribution in [2.24, 2.45) is 0 Å². The molecular weight excluding hydrogens is 188 g/mol. The summed E-state index contributed by atoms with van der Waals surface area (Å²) in [6.45, 7) is 6.92. The second kappa shape index (κ2) is 5.16. The Hall–Kier alpha value is -0.653. The third-order valence-corrected chi connectivity index (χ3v) is 4.26. The van der Waals surface area contributed by atoms with Crippen molar-refractivity contribution in [3.63, 3.8) is 0 Å². The molecule has 0 radical (unpaired) electrons. The quantitative estimate of drug-likeness (QED) is 0.501. The molecule has 0 bridgehead atoms. The Labute approximate surface area is 79.9 Å². The second-order valence-corrected chi connectivity index (χ2v) is 5.71. The maximum Gasteiger partial charge on any atom is 0.567 e. The predicted molar refractivity (Wildman–Crippen MR) is 51.2 cm³/mol. The molecule has 0 atom stereocenters. The number of hydrogen-bond acceptors (Lipinski definition) is 4. The first-order valence-corrected chi connectivity index (χ1v) is 5.93. The highest BCUT2D eigenvalue weighted by Gasteiger charge is 2.41. The van der Waals surface area contributed by atoms with Gasteiger partial charge in [-0.25, -0.2) is 4.79 Å². The van der Waals surface area contributed by atoms with Crippen molar-refractivity contribution < 1.29 is 18.1 Å². The summed E-state index contributed by atoms with van der Waals surface area (Å²) in [7, 11) is 0.201. The molecule has 5 heteroatoms. The van der Waals surface area contributed by atoms with Crippen LogP contribution < -0.4 is 0 Å². The predicted octanol–water partition coefficient (Wildman–Crippen LogP) is 1.36. The summed E-state index contributed by atoms with van der Waals surface area (Å²) in [6.07, 6.45) is 0. The van der Waals surface area contributed by atoms with E-state index < -0.39 is 14.8 Å². The second-order valence-electron chi connectivity index (χ2n) is 2.61. The lowest BCUT2D eigenvalue weighted by Crippen LogP contribution is -2.45. The summed E-state index contributed by atoms with van der Waals surface area (Å²) in [5.41, 5.74) is 0.347. The van der Waals surface area contributed by atoms with E-state index in [1.54, 1.807) is 6.92 Å². The summed E-state index contributed by atoms with van der Waals surface area (Å²) < 4.78 is 15.3. The van der Waals surface area contributed by atoms with Crippen molar-refractivity contribution in [2.75, 3.05) is 14.2 Å². The maximum absolute atomic E-state index is 11.2. The van der Waals surface area contributed by atoms with E-state index in [-0.39, 0.29) is 0 Å². The molecule has 0 rings (SSSR count). The molecule has 0 saturated heterocycles. The summed E-state index contributed by atoms with van der Waals surface area (Å²) in [5.74, 6) is -0.461.